The summed E-state index contributed by atoms with van der Waals surface area (Å²) in [5, 5.41) is 25.1. The highest BCUT2D eigenvalue weighted by molar-refractivity contribution is 5.94. The Kier molecular flexibility index (Phi) is 5.56. The van der Waals surface area contributed by atoms with Crippen LogP contribution in [0.25, 0.3) is 16.7 Å². The van der Waals surface area contributed by atoms with Gasteiger partial charge in [0.2, 0.25) is 0 Å². The molecule has 9 nitrogen and oxygen atoms in total. The number of carbonyl (C=O) groups excluding carboxylic acids is 1. The van der Waals surface area contributed by atoms with Crippen molar-refractivity contribution in [3.63, 3.8) is 0 Å². The van der Waals surface area contributed by atoms with E-state index in [0.717, 1.165) is 6.07 Å². The van der Waals surface area contributed by atoms with Crippen LogP contribution in [0.3, 0.4) is 0 Å². The summed E-state index contributed by atoms with van der Waals surface area (Å²) in [6, 6.07) is 8.96. The largest absolute Gasteiger partial charge is 0.505 e. The number of amides is 1. The number of hydrogen-bond donors (Lipinski definition) is 2. The van der Waals surface area contributed by atoms with E-state index in [9.17, 15) is 28.6 Å². The lowest BCUT2D eigenvalue weighted by Crippen LogP contribution is -2.49. The van der Waals surface area contributed by atoms with Crippen molar-refractivity contribution >= 4 is 16.9 Å². The number of aromatic hydroxyl groups is 1. The van der Waals surface area contributed by atoms with E-state index in [-0.39, 0.29) is 49.4 Å². The van der Waals surface area contributed by atoms with E-state index in [2.05, 4.69) is 10.1 Å². The molecule has 0 bridgehead atoms. The lowest BCUT2D eigenvalue weighted by Gasteiger charge is -2.38. The van der Waals surface area contributed by atoms with E-state index in [0.29, 0.717) is 11.3 Å². The number of phenols is 1. The smallest absolute Gasteiger partial charge is 0.264 e. The van der Waals surface area contributed by atoms with E-state index in [1.54, 1.807) is 4.90 Å². The molecule has 0 saturated carbocycles. The number of fused-ring (bicyclic) bond motifs is 1. The fourth-order valence-corrected chi connectivity index (χ4v) is 4.26. The second kappa shape index (κ2) is 8.58. The number of phenolic OH excluding ortho intramolecular Hbond substituents is 1. The van der Waals surface area contributed by atoms with Gasteiger partial charge in [0.1, 0.15) is 17.5 Å². The molecule has 0 spiro atoms. The van der Waals surface area contributed by atoms with Crippen LogP contribution in [-0.2, 0) is 6.54 Å². The van der Waals surface area contributed by atoms with Gasteiger partial charge < -0.3 is 15.1 Å². The first-order valence-electron chi connectivity index (χ1n) is 10.9. The molecule has 11 heteroatoms. The maximum atomic E-state index is 13.4. The van der Waals surface area contributed by atoms with Crippen LogP contribution in [0.4, 0.5) is 8.78 Å². The van der Waals surface area contributed by atoms with E-state index in [1.807, 2.05) is 0 Å². The summed E-state index contributed by atoms with van der Waals surface area (Å²) in [6.07, 6.45) is 3.13. The fraction of sp³-hybridized carbons (Fsp3) is 0.250. The van der Waals surface area contributed by atoms with Gasteiger partial charge in [-0.1, -0.05) is 0 Å². The van der Waals surface area contributed by atoms with Crippen molar-refractivity contribution in [2.75, 3.05) is 13.1 Å². The Hall–Kier alpha value is -4.12. The molecule has 1 aliphatic heterocycles. The Balaban J connectivity index is 1.33. The zero-order valence-corrected chi connectivity index (χ0v) is 18.4. The predicted molar refractivity (Wildman–Crippen MR) is 121 cm³/mol. The van der Waals surface area contributed by atoms with Crippen LogP contribution in [0.2, 0.25) is 0 Å². The zero-order chi connectivity index (χ0) is 24.7. The van der Waals surface area contributed by atoms with Gasteiger partial charge >= 0.3 is 0 Å². The van der Waals surface area contributed by atoms with E-state index in [4.69, 9.17) is 0 Å². The highest BCUT2D eigenvalue weighted by Crippen LogP contribution is 2.26. The molecule has 2 N–H and O–H groups in total. The van der Waals surface area contributed by atoms with Gasteiger partial charge in [-0.05, 0) is 49.2 Å². The van der Waals surface area contributed by atoms with Crippen LogP contribution in [0.15, 0.2) is 59.8 Å². The highest BCUT2D eigenvalue weighted by Gasteiger charge is 2.35. The van der Waals surface area contributed by atoms with Crippen molar-refractivity contribution in [2.24, 2.45) is 0 Å². The SMILES string of the molecule is O=C(c1ccc(F)cc1)N1CCC(O)(Cn2cnc3c(cnn3-c3ccc(F)c(O)c3)c2=O)CC1. The monoisotopic (exact) mass is 481 g/mol. The molecular formula is C24H21F2N5O4. The molecule has 1 saturated heterocycles. The van der Waals surface area contributed by atoms with Gasteiger partial charge in [-0.25, -0.2) is 18.4 Å². The molecule has 0 aliphatic carbocycles. The number of piperidine rings is 1. The van der Waals surface area contributed by atoms with Crippen LogP contribution >= 0.6 is 0 Å². The van der Waals surface area contributed by atoms with E-state index in [1.165, 1.54) is 58.2 Å². The number of aromatic nitrogens is 4. The second-order valence-electron chi connectivity index (χ2n) is 8.63. The fourth-order valence-electron chi connectivity index (χ4n) is 4.26. The molecule has 35 heavy (non-hydrogen) atoms. The number of hydrogen-bond acceptors (Lipinski definition) is 6. The molecule has 2 aromatic heterocycles. The van der Waals surface area contributed by atoms with Gasteiger partial charge in [0, 0.05) is 24.7 Å². The van der Waals surface area contributed by atoms with Gasteiger partial charge in [-0.15, -0.1) is 0 Å². The molecule has 2 aromatic carbocycles. The summed E-state index contributed by atoms with van der Waals surface area (Å²) in [4.78, 5) is 31.6. The molecule has 1 aliphatic rings. The van der Waals surface area contributed by atoms with E-state index < -0.39 is 28.5 Å². The third kappa shape index (κ3) is 4.26. The normalized spacial score (nSPS) is 15.5. The van der Waals surface area contributed by atoms with Gasteiger partial charge in [0.15, 0.2) is 17.2 Å². The van der Waals surface area contributed by atoms with Crippen LogP contribution < -0.4 is 5.56 Å². The average Bonchev–Trinajstić information content (AvgIpc) is 3.28. The van der Waals surface area contributed by atoms with Crippen LogP contribution in [0.5, 0.6) is 5.75 Å². The Morgan fingerprint density at radius 2 is 1.80 bits per heavy atom. The van der Waals surface area contributed by atoms with Crippen molar-refractivity contribution < 1.29 is 23.8 Å². The average molecular weight is 481 g/mol. The van der Waals surface area contributed by atoms with Gasteiger partial charge in [0.05, 0.1) is 24.0 Å². The molecule has 3 heterocycles. The molecule has 1 fully saturated rings. The minimum atomic E-state index is -1.22. The molecule has 0 atom stereocenters. The Bertz CT molecular complexity index is 1470. The molecule has 1 amide bonds. The first-order valence-corrected chi connectivity index (χ1v) is 10.9. The van der Waals surface area contributed by atoms with Gasteiger partial charge in [-0.2, -0.15) is 5.10 Å². The van der Waals surface area contributed by atoms with E-state index >= 15 is 0 Å². The summed E-state index contributed by atoms with van der Waals surface area (Å²) in [5.74, 6) is -2.00. The summed E-state index contributed by atoms with van der Waals surface area (Å²) < 4.78 is 29.1. The zero-order valence-electron chi connectivity index (χ0n) is 18.4. The number of nitrogens with zero attached hydrogens (tertiary/aromatic N) is 5. The summed E-state index contributed by atoms with van der Waals surface area (Å²) >= 11 is 0. The van der Waals surface area contributed by atoms with Crippen LogP contribution in [0, 0.1) is 11.6 Å². The predicted octanol–water partition coefficient (Wildman–Crippen LogP) is 2.23. The van der Waals surface area contributed by atoms with Crippen LogP contribution in [-0.4, -0.2) is 59.0 Å². The first kappa shape index (κ1) is 22.7. The number of likely N-dealkylation sites (tertiary alicyclic amines) is 1. The maximum absolute atomic E-state index is 13.4. The molecule has 4 aromatic rings. The third-order valence-corrected chi connectivity index (χ3v) is 6.27. The topological polar surface area (TPSA) is 113 Å². The minimum Gasteiger partial charge on any atom is -0.505 e. The van der Waals surface area contributed by atoms with Crippen molar-refractivity contribution in [3.05, 3.63) is 82.5 Å². The highest BCUT2D eigenvalue weighted by atomic mass is 19.1. The minimum absolute atomic E-state index is 0.0180. The standard InChI is InChI=1S/C24H21F2N5O4/c25-16-3-1-15(2-4-16)22(33)29-9-7-24(35,8-10-29)13-30-14-27-21-18(23(30)34)12-28-31(21)17-5-6-19(26)20(32)11-17/h1-6,11-12,14,32,35H,7-10,13H2. The lowest BCUT2D eigenvalue weighted by molar-refractivity contribution is -0.0299. The number of halogens is 2. The van der Waals surface area contributed by atoms with Crippen molar-refractivity contribution in [2.45, 2.75) is 25.0 Å². The maximum Gasteiger partial charge on any atom is 0.264 e. The number of carbonyl (C=O) groups is 1. The number of rotatable bonds is 4. The Morgan fingerprint density at radius 3 is 2.49 bits per heavy atom. The summed E-state index contributed by atoms with van der Waals surface area (Å²) in [5.41, 5.74) is -0.707. The number of aliphatic hydroxyl groups is 1. The van der Waals surface area contributed by atoms with Crippen molar-refractivity contribution in [1.82, 2.24) is 24.2 Å². The Morgan fingerprint density at radius 1 is 1.09 bits per heavy atom. The second-order valence-corrected chi connectivity index (χ2v) is 8.63. The van der Waals surface area contributed by atoms with Crippen molar-refractivity contribution in [1.29, 1.82) is 0 Å². The van der Waals surface area contributed by atoms with Gasteiger partial charge in [0.25, 0.3) is 11.5 Å². The van der Waals surface area contributed by atoms with Crippen molar-refractivity contribution in [3.8, 4) is 11.4 Å². The lowest BCUT2D eigenvalue weighted by atomic mass is 9.91. The molecule has 0 radical (unpaired) electrons. The summed E-state index contributed by atoms with van der Waals surface area (Å²) in [6.45, 7) is 0.544. The first-order chi connectivity index (χ1) is 16.7. The molecule has 0 unspecified atom stereocenters. The quantitative estimate of drug-likeness (QED) is 0.462. The molecule has 5 rings (SSSR count). The number of benzene rings is 2. The molecule has 180 valence electrons. The van der Waals surface area contributed by atoms with Crippen LogP contribution in [0.1, 0.15) is 23.2 Å². The summed E-state index contributed by atoms with van der Waals surface area (Å²) in [7, 11) is 0. The molecular weight excluding hydrogens is 460 g/mol. The third-order valence-electron chi connectivity index (χ3n) is 6.27. The van der Waals surface area contributed by atoms with Gasteiger partial charge in [-0.3, -0.25) is 14.2 Å². The Labute approximate surface area is 197 Å².